The zero-order valence-corrected chi connectivity index (χ0v) is 12.9. The van der Waals surface area contributed by atoms with Gasteiger partial charge in [0.05, 0.1) is 5.56 Å². The molecular weight excluding hydrogens is 280 g/mol. The Bertz CT molecular complexity index is 697. The van der Waals surface area contributed by atoms with Gasteiger partial charge >= 0.3 is 0 Å². The van der Waals surface area contributed by atoms with Crippen LogP contribution in [0.25, 0.3) is 0 Å². The van der Waals surface area contributed by atoms with Crippen molar-refractivity contribution in [2.45, 2.75) is 32.6 Å². The molecule has 0 bridgehead atoms. The summed E-state index contributed by atoms with van der Waals surface area (Å²) in [5, 5.41) is 0. The zero-order chi connectivity index (χ0) is 14.8. The third kappa shape index (κ3) is 2.90. The SMILES string of the molecule is Cc1ccnc(Oc2ccc3c(c2)CCCC3)c1C(N)=S. The second-order valence-electron chi connectivity index (χ2n) is 5.41. The monoisotopic (exact) mass is 298 g/mol. The van der Waals surface area contributed by atoms with Crippen LogP contribution >= 0.6 is 12.2 Å². The van der Waals surface area contributed by atoms with Crippen LogP contribution in [-0.2, 0) is 12.8 Å². The Morgan fingerprint density at radius 2 is 1.95 bits per heavy atom. The summed E-state index contributed by atoms with van der Waals surface area (Å²) in [5.41, 5.74) is 10.3. The smallest absolute Gasteiger partial charge is 0.229 e. The molecule has 1 aliphatic rings. The van der Waals surface area contributed by atoms with E-state index >= 15 is 0 Å². The maximum absolute atomic E-state index is 5.94. The molecule has 1 heterocycles. The number of ether oxygens (including phenoxy) is 1. The summed E-state index contributed by atoms with van der Waals surface area (Å²) < 4.78 is 5.94. The quantitative estimate of drug-likeness (QED) is 0.878. The van der Waals surface area contributed by atoms with Gasteiger partial charge in [-0.2, -0.15) is 0 Å². The molecule has 1 aliphatic carbocycles. The number of nitrogens with two attached hydrogens (primary N) is 1. The molecule has 0 saturated carbocycles. The van der Waals surface area contributed by atoms with E-state index < -0.39 is 0 Å². The van der Waals surface area contributed by atoms with Gasteiger partial charge in [0.2, 0.25) is 5.88 Å². The van der Waals surface area contributed by atoms with Gasteiger partial charge in [0.1, 0.15) is 10.7 Å². The van der Waals surface area contributed by atoms with Gasteiger partial charge < -0.3 is 10.5 Å². The first-order chi connectivity index (χ1) is 10.1. The van der Waals surface area contributed by atoms with E-state index in [1.54, 1.807) is 6.20 Å². The number of aryl methyl sites for hydroxylation is 3. The Kier molecular flexibility index (Phi) is 3.88. The Labute approximate surface area is 130 Å². The largest absolute Gasteiger partial charge is 0.438 e. The topological polar surface area (TPSA) is 48.1 Å². The second-order valence-corrected chi connectivity index (χ2v) is 5.85. The number of hydrogen-bond donors (Lipinski definition) is 1. The third-order valence-corrected chi connectivity index (χ3v) is 4.11. The van der Waals surface area contributed by atoms with Crippen molar-refractivity contribution in [1.82, 2.24) is 4.98 Å². The van der Waals surface area contributed by atoms with Gasteiger partial charge in [0, 0.05) is 6.20 Å². The van der Waals surface area contributed by atoms with Crippen LogP contribution in [0.15, 0.2) is 30.5 Å². The number of nitrogens with zero attached hydrogens (tertiary/aromatic N) is 1. The van der Waals surface area contributed by atoms with Crippen molar-refractivity contribution >= 4 is 17.2 Å². The standard InChI is InChI=1S/C17H18N2OS/c1-11-8-9-19-17(15(11)16(18)21)20-14-7-6-12-4-2-3-5-13(12)10-14/h6-10H,2-5H2,1H3,(H2,18,21). The summed E-state index contributed by atoms with van der Waals surface area (Å²) in [6, 6.07) is 8.15. The minimum Gasteiger partial charge on any atom is -0.438 e. The minimum atomic E-state index is 0.313. The molecule has 0 fully saturated rings. The Morgan fingerprint density at radius 1 is 1.19 bits per heavy atom. The normalized spacial score (nSPS) is 13.6. The molecule has 3 nitrogen and oxygen atoms in total. The van der Waals surface area contributed by atoms with Crippen molar-refractivity contribution in [2.75, 3.05) is 0 Å². The van der Waals surface area contributed by atoms with E-state index in [4.69, 9.17) is 22.7 Å². The molecule has 21 heavy (non-hydrogen) atoms. The lowest BCUT2D eigenvalue weighted by Gasteiger charge is -2.17. The molecule has 0 saturated heterocycles. The number of benzene rings is 1. The molecule has 108 valence electrons. The van der Waals surface area contributed by atoms with Crippen LogP contribution in [0.4, 0.5) is 0 Å². The molecule has 4 heteroatoms. The van der Waals surface area contributed by atoms with Crippen molar-refractivity contribution in [1.29, 1.82) is 0 Å². The first-order valence-corrected chi connectivity index (χ1v) is 7.61. The van der Waals surface area contributed by atoms with E-state index in [0.717, 1.165) is 24.2 Å². The van der Waals surface area contributed by atoms with Gasteiger partial charge in [-0.3, -0.25) is 0 Å². The van der Waals surface area contributed by atoms with E-state index in [9.17, 15) is 0 Å². The maximum atomic E-state index is 5.94. The third-order valence-electron chi connectivity index (χ3n) is 3.91. The summed E-state index contributed by atoms with van der Waals surface area (Å²) in [6.07, 6.45) is 6.52. The fraction of sp³-hybridized carbons (Fsp3) is 0.294. The van der Waals surface area contributed by atoms with Crippen LogP contribution in [0, 0.1) is 6.92 Å². The van der Waals surface area contributed by atoms with Gasteiger partial charge in [-0.05, 0) is 67.5 Å². The van der Waals surface area contributed by atoms with E-state index in [1.807, 2.05) is 19.1 Å². The maximum Gasteiger partial charge on any atom is 0.229 e. The lowest BCUT2D eigenvalue weighted by atomic mass is 9.92. The summed E-state index contributed by atoms with van der Waals surface area (Å²) in [4.78, 5) is 4.59. The molecule has 2 aromatic rings. The summed E-state index contributed by atoms with van der Waals surface area (Å²) in [5.74, 6) is 1.28. The van der Waals surface area contributed by atoms with E-state index in [0.29, 0.717) is 16.4 Å². The molecule has 1 aromatic carbocycles. The summed E-state index contributed by atoms with van der Waals surface area (Å²) in [7, 11) is 0. The Hall–Kier alpha value is -1.94. The van der Waals surface area contributed by atoms with Crippen LogP contribution in [-0.4, -0.2) is 9.97 Å². The van der Waals surface area contributed by atoms with Crippen molar-refractivity contribution in [3.05, 3.63) is 52.7 Å². The van der Waals surface area contributed by atoms with E-state index in [-0.39, 0.29) is 0 Å². The predicted octanol–water partition coefficient (Wildman–Crippen LogP) is 3.70. The highest BCUT2D eigenvalue weighted by Crippen LogP contribution is 2.29. The number of thiocarbonyl (C=S) groups is 1. The first-order valence-electron chi connectivity index (χ1n) is 7.20. The highest BCUT2D eigenvalue weighted by molar-refractivity contribution is 7.80. The number of hydrogen-bond acceptors (Lipinski definition) is 3. The number of pyridine rings is 1. The van der Waals surface area contributed by atoms with Crippen molar-refractivity contribution in [2.24, 2.45) is 5.73 Å². The molecule has 1 aromatic heterocycles. The highest BCUT2D eigenvalue weighted by atomic mass is 32.1. The summed E-state index contributed by atoms with van der Waals surface area (Å²) >= 11 is 5.11. The van der Waals surface area contributed by atoms with Gasteiger partial charge in [-0.15, -0.1) is 0 Å². The van der Waals surface area contributed by atoms with Crippen LogP contribution in [0.2, 0.25) is 0 Å². The van der Waals surface area contributed by atoms with E-state index in [2.05, 4.69) is 17.1 Å². The van der Waals surface area contributed by atoms with Gasteiger partial charge in [-0.1, -0.05) is 18.3 Å². The average Bonchev–Trinajstić information content (AvgIpc) is 2.47. The Balaban J connectivity index is 1.94. The van der Waals surface area contributed by atoms with Crippen molar-refractivity contribution < 1.29 is 4.74 Å². The summed E-state index contributed by atoms with van der Waals surface area (Å²) in [6.45, 7) is 1.95. The fourth-order valence-electron chi connectivity index (χ4n) is 2.80. The predicted molar refractivity (Wildman–Crippen MR) is 88.0 cm³/mol. The van der Waals surface area contributed by atoms with Crippen LogP contribution < -0.4 is 10.5 Å². The molecule has 0 radical (unpaired) electrons. The molecule has 0 aliphatic heterocycles. The molecule has 0 unspecified atom stereocenters. The molecule has 0 atom stereocenters. The van der Waals surface area contributed by atoms with Crippen LogP contribution in [0.5, 0.6) is 11.6 Å². The number of fused-ring (bicyclic) bond motifs is 1. The lowest BCUT2D eigenvalue weighted by molar-refractivity contribution is 0.460. The van der Waals surface area contributed by atoms with Crippen molar-refractivity contribution in [3.8, 4) is 11.6 Å². The average molecular weight is 298 g/mol. The minimum absolute atomic E-state index is 0.313. The van der Waals surface area contributed by atoms with Gasteiger partial charge in [-0.25, -0.2) is 4.98 Å². The molecule has 3 rings (SSSR count). The van der Waals surface area contributed by atoms with Gasteiger partial charge in [0.25, 0.3) is 0 Å². The zero-order valence-electron chi connectivity index (χ0n) is 12.1. The molecular formula is C17H18N2OS. The van der Waals surface area contributed by atoms with Crippen molar-refractivity contribution in [3.63, 3.8) is 0 Å². The fourth-order valence-corrected chi connectivity index (χ4v) is 3.04. The number of rotatable bonds is 3. The molecule has 0 spiro atoms. The first kappa shape index (κ1) is 14.0. The second kappa shape index (κ2) is 5.82. The van der Waals surface area contributed by atoms with E-state index in [1.165, 1.54) is 24.0 Å². The van der Waals surface area contributed by atoms with Crippen LogP contribution in [0.3, 0.4) is 0 Å². The highest BCUT2D eigenvalue weighted by Gasteiger charge is 2.14. The van der Waals surface area contributed by atoms with Crippen LogP contribution in [0.1, 0.15) is 35.1 Å². The number of aromatic nitrogens is 1. The van der Waals surface area contributed by atoms with Gasteiger partial charge in [0.15, 0.2) is 0 Å². The molecule has 2 N–H and O–H groups in total. The Morgan fingerprint density at radius 3 is 2.71 bits per heavy atom. The molecule has 0 amide bonds. The lowest BCUT2D eigenvalue weighted by Crippen LogP contribution is -2.13.